The molecule has 0 fully saturated rings. The molecule has 0 heterocycles. The van der Waals surface area contributed by atoms with Gasteiger partial charge in [0.25, 0.3) is 0 Å². The molecule has 0 atom stereocenters. The summed E-state index contributed by atoms with van der Waals surface area (Å²) in [6.07, 6.45) is 0.125. The quantitative estimate of drug-likeness (QED) is 0.879. The molecule has 0 spiro atoms. The van der Waals surface area contributed by atoms with Crippen molar-refractivity contribution in [1.29, 1.82) is 0 Å². The lowest BCUT2D eigenvalue weighted by Gasteiger charge is -2.21. The van der Waals surface area contributed by atoms with E-state index in [-0.39, 0.29) is 50.1 Å². The molecule has 0 aliphatic heterocycles. The zero-order valence-corrected chi connectivity index (χ0v) is 10.3. The molecule has 0 saturated heterocycles. The highest BCUT2D eigenvalue weighted by Crippen LogP contribution is 2.16. The number of alkyl halides is 1. The summed E-state index contributed by atoms with van der Waals surface area (Å²) in [5, 5.41) is 0. The molecule has 0 unspecified atom stereocenters. The minimum absolute atomic E-state index is 0. The highest BCUT2D eigenvalue weighted by Gasteiger charge is 2.26. The molecule has 0 saturated carbocycles. The summed E-state index contributed by atoms with van der Waals surface area (Å²) in [5.74, 6) is -0.335. The van der Waals surface area contributed by atoms with Gasteiger partial charge in [-0.1, -0.05) is 12.1 Å². The fourth-order valence-corrected chi connectivity index (χ4v) is 1.20. The van der Waals surface area contributed by atoms with Crippen LogP contribution in [0.25, 0.3) is 0 Å². The van der Waals surface area contributed by atoms with Crippen molar-refractivity contribution >= 4 is 24.8 Å². The van der Waals surface area contributed by atoms with E-state index < -0.39 is 5.67 Å². The molecule has 1 aromatic rings. The SMILES string of the molecule is Cl.Cl.NCC(F)(CN)Cc1ccc(F)cc1. The van der Waals surface area contributed by atoms with E-state index in [4.69, 9.17) is 11.5 Å². The van der Waals surface area contributed by atoms with E-state index in [0.717, 1.165) is 0 Å². The molecule has 0 aromatic heterocycles. The fraction of sp³-hybridized carbons (Fsp3) is 0.400. The van der Waals surface area contributed by atoms with E-state index in [1.54, 1.807) is 0 Å². The molecule has 0 amide bonds. The molecule has 94 valence electrons. The van der Waals surface area contributed by atoms with Gasteiger partial charge in [0.15, 0.2) is 0 Å². The molecule has 0 bridgehead atoms. The third-order valence-corrected chi connectivity index (χ3v) is 2.17. The Labute approximate surface area is 106 Å². The zero-order chi connectivity index (χ0) is 10.6. The van der Waals surface area contributed by atoms with Crippen molar-refractivity contribution in [2.24, 2.45) is 11.5 Å². The summed E-state index contributed by atoms with van der Waals surface area (Å²) < 4.78 is 26.2. The normalized spacial score (nSPS) is 10.2. The molecule has 0 aliphatic rings. The monoisotopic (exact) mass is 272 g/mol. The van der Waals surface area contributed by atoms with Crippen molar-refractivity contribution in [3.63, 3.8) is 0 Å². The average Bonchev–Trinajstić information content (AvgIpc) is 2.21. The second-order valence-electron chi connectivity index (χ2n) is 3.36. The Kier molecular flexibility index (Phi) is 8.74. The number of halogens is 4. The first-order chi connectivity index (χ1) is 6.59. The molecule has 1 aromatic carbocycles. The van der Waals surface area contributed by atoms with Gasteiger partial charge in [-0.05, 0) is 17.7 Å². The van der Waals surface area contributed by atoms with Gasteiger partial charge in [-0.25, -0.2) is 8.78 Å². The average molecular weight is 273 g/mol. The van der Waals surface area contributed by atoms with E-state index in [1.807, 2.05) is 0 Å². The molecule has 16 heavy (non-hydrogen) atoms. The molecule has 6 heteroatoms. The van der Waals surface area contributed by atoms with Crippen LogP contribution in [0, 0.1) is 5.82 Å². The molecular weight excluding hydrogens is 257 g/mol. The van der Waals surface area contributed by atoms with Crippen LogP contribution in [0.5, 0.6) is 0 Å². The van der Waals surface area contributed by atoms with Crippen LogP contribution in [0.1, 0.15) is 5.56 Å². The number of rotatable bonds is 4. The second kappa shape index (κ2) is 7.79. The Morgan fingerprint density at radius 2 is 1.44 bits per heavy atom. The zero-order valence-electron chi connectivity index (χ0n) is 8.66. The number of benzene rings is 1. The van der Waals surface area contributed by atoms with Gasteiger partial charge in [0.1, 0.15) is 11.5 Å². The van der Waals surface area contributed by atoms with Crippen LogP contribution < -0.4 is 11.5 Å². The first-order valence-electron chi connectivity index (χ1n) is 4.43. The number of hydrogen-bond donors (Lipinski definition) is 2. The van der Waals surface area contributed by atoms with Gasteiger partial charge in [-0.3, -0.25) is 0 Å². The van der Waals surface area contributed by atoms with Crippen LogP contribution in [0.2, 0.25) is 0 Å². The van der Waals surface area contributed by atoms with Crippen molar-refractivity contribution in [3.8, 4) is 0 Å². The molecule has 2 nitrogen and oxygen atoms in total. The van der Waals surface area contributed by atoms with Crippen molar-refractivity contribution in [2.75, 3.05) is 13.1 Å². The second-order valence-corrected chi connectivity index (χ2v) is 3.36. The van der Waals surface area contributed by atoms with Crippen LogP contribution in [0.3, 0.4) is 0 Å². The Hall–Kier alpha value is -0.420. The minimum atomic E-state index is -1.59. The summed E-state index contributed by atoms with van der Waals surface area (Å²) in [7, 11) is 0. The Morgan fingerprint density at radius 3 is 1.81 bits per heavy atom. The largest absolute Gasteiger partial charge is 0.327 e. The van der Waals surface area contributed by atoms with Crippen molar-refractivity contribution in [3.05, 3.63) is 35.6 Å². The van der Waals surface area contributed by atoms with Gasteiger partial charge in [-0.2, -0.15) is 0 Å². The van der Waals surface area contributed by atoms with E-state index in [2.05, 4.69) is 0 Å². The standard InChI is InChI=1S/C10H14F2N2.2ClH/c11-9-3-1-8(2-4-9)5-10(12,6-13)7-14;;/h1-4H,5-7,13-14H2;2*1H. The van der Waals surface area contributed by atoms with Crippen LogP contribution in [0.15, 0.2) is 24.3 Å². The topological polar surface area (TPSA) is 52.0 Å². The number of nitrogens with two attached hydrogens (primary N) is 2. The minimum Gasteiger partial charge on any atom is -0.327 e. The summed E-state index contributed by atoms with van der Waals surface area (Å²) >= 11 is 0. The summed E-state index contributed by atoms with van der Waals surface area (Å²) in [5.41, 5.74) is 9.65. The van der Waals surface area contributed by atoms with Gasteiger partial charge >= 0.3 is 0 Å². The third-order valence-electron chi connectivity index (χ3n) is 2.17. The smallest absolute Gasteiger partial charge is 0.139 e. The third kappa shape index (κ3) is 5.07. The molecule has 4 N–H and O–H groups in total. The predicted octanol–water partition coefficient (Wildman–Crippen LogP) is 1.84. The molecule has 0 radical (unpaired) electrons. The Balaban J connectivity index is 0. The van der Waals surface area contributed by atoms with Crippen LogP contribution in [-0.4, -0.2) is 18.8 Å². The lowest BCUT2D eigenvalue weighted by molar-refractivity contribution is 0.184. The van der Waals surface area contributed by atoms with Gasteiger partial charge in [0.05, 0.1) is 0 Å². The van der Waals surface area contributed by atoms with Crippen molar-refractivity contribution in [2.45, 2.75) is 12.1 Å². The van der Waals surface area contributed by atoms with Crippen molar-refractivity contribution < 1.29 is 8.78 Å². The lowest BCUT2D eigenvalue weighted by atomic mass is 9.96. The van der Waals surface area contributed by atoms with Gasteiger partial charge in [0, 0.05) is 19.5 Å². The van der Waals surface area contributed by atoms with E-state index in [1.165, 1.54) is 24.3 Å². The summed E-state index contributed by atoms with van der Waals surface area (Å²) in [6.45, 7) is -0.248. The maximum atomic E-state index is 13.7. The predicted molar refractivity (Wildman–Crippen MR) is 66.5 cm³/mol. The van der Waals surface area contributed by atoms with Gasteiger partial charge in [0.2, 0.25) is 0 Å². The van der Waals surface area contributed by atoms with Gasteiger partial charge in [-0.15, -0.1) is 24.8 Å². The highest BCUT2D eigenvalue weighted by atomic mass is 35.5. The fourth-order valence-electron chi connectivity index (χ4n) is 1.20. The summed E-state index contributed by atoms with van der Waals surface area (Å²) in [6, 6.07) is 5.66. The molecular formula is C10H16Cl2F2N2. The van der Waals surface area contributed by atoms with E-state index in [9.17, 15) is 8.78 Å². The Morgan fingerprint density at radius 1 is 1.00 bits per heavy atom. The summed E-state index contributed by atoms with van der Waals surface area (Å²) in [4.78, 5) is 0. The first kappa shape index (κ1) is 18.0. The maximum absolute atomic E-state index is 13.7. The first-order valence-corrected chi connectivity index (χ1v) is 4.43. The Bertz CT molecular complexity index is 289. The van der Waals surface area contributed by atoms with Crippen LogP contribution in [-0.2, 0) is 6.42 Å². The molecule has 1 rings (SSSR count). The maximum Gasteiger partial charge on any atom is 0.139 e. The number of hydrogen-bond acceptors (Lipinski definition) is 2. The lowest BCUT2D eigenvalue weighted by Crippen LogP contribution is -2.42. The van der Waals surface area contributed by atoms with Crippen LogP contribution in [0.4, 0.5) is 8.78 Å². The van der Waals surface area contributed by atoms with Crippen LogP contribution >= 0.6 is 24.8 Å². The molecule has 0 aliphatic carbocycles. The van der Waals surface area contributed by atoms with E-state index in [0.29, 0.717) is 5.56 Å². The van der Waals surface area contributed by atoms with Crippen molar-refractivity contribution in [1.82, 2.24) is 0 Å². The van der Waals surface area contributed by atoms with E-state index >= 15 is 0 Å². The highest BCUT2D eigenvalue weighted by molar-refractivity contribution is 5.85. The van der Waals surface area contributed by atoms with Gasteiger partial charge < -0.3 is 11.5 Å².